The fraction of sp³-hybridized carbons (Fsp3) is 0.300. The number of aromatic amines is 1. The minimum atomic E-state index is -0.339. The van der Waals surface area contributed by atoms with Crippen molar-refractivity contribution in [2.45, 2.75) is 38.8 Å². The Balaban J connectivity index is 1.62. The van der Waals surface area contributed by atoms with E-state index in [0.717, 1.165) is 23.7 Å². The summed E-state index contributed by atoms with van der Waals surface area (Å²) in [6.07, 6.45) is 3.58. The summed E-state index contributed by atoms with van der Waals surface area (Å²) in [5, 5.41) is 4.61. The Morgan fingerprint density at radius 2 is 2.11 bits per heavy atom. The molecule has 3 aromatic rings. The lowest BCUT2D eigenvalue weighted by Gasteiger charge is -2.20. The van der Waals surface area contributed by atoms with E-state index >= 15 is 0 Å². The maximum Gasteiger partial charge on any atom is 0.253 e. The Morgan fingerprint density at radius 1 is 1.32 bits per heavy atom. The number of nitrogens with one attached hydrogen (secondary N) is 2. The predicted molar refractivity (Wildman–Crippen MR) is 110 cm³/mol. The zero-order valence-electron chi connectivity index (χ0n) is 15.6. The Morgan fingerprint density at radius 3 is 2.82 bits per heavy atom. The number of nitrogens with zero attached hydrogens (tertiary/aromatic N) is 3. The van der Waals surface area contributed by atoms with Crippen LogP contribution in [0.1, 0.15) is 38.3 Å². The largest absolute Gasteiger partial charge is 0.347 e. The van der Waals surface area contributed by atoms with Gasteiger partial charge in [-0.15, -0.1) is 0 Å². The predicted octanol–water partition coefficient (Wildman–Crippen LogP) is 3.66. The molecule has 144 valence electrons. The van der Waals surface area contributed by atoms with E-state index in [0.29, 0.717) is 22.4 Å². The number of carbonyl (C=O) groups is 1. The van der Waals surface area contributed by atoms with E-state index in [2.05, 4.69) is 20.3 Å². The summed E-state index contributed by atoms with van der Waals surface area (Å²) in [4.78, 5) is 37.7. The number of anilines is 2. The molecule has 8 heteroatoms. The highest BCUT2D eigenvalue weighted by atomic mass is 35.5. The topological polar surface area (TPSA) is 91.0 Å². The fourth-order valence-corrected chi connectivity index (χ4v) is 3.46. The van der Waals surface area contributed by atoms with Gasteiger partial charge in [0.15, 0.2) is 0 Å². The molecule has 1 aliphatic carbocycles. The summed E-state index contributed by atoms with van der Waals surface area (Å²) in [7, 11) is 0. The number of benzene rings is 1. The highest BCUT2D eigenvalue weighted by Gasteiger charge is 2.33. The van der Waals surface area contributed by atoms with Crippen LogP contribution >= 0.6 is 11.6 Å². The van der Waals surface area contributed by atoms with E-state index in [1.54, 1.807) is 35.4 Å². The molecule has 0 spiro atoms. The van der Waals surface area contributed by atoms with Gasteiger partial charge >= 0.3 is 0 Å². The van der Waals surface area contributed by atoms with Crippen molar-refractivity contribution in [3.8, 4) is 0 Å². The molecule has 0 bridgehead atoms. The number of halogens is 1. The molecule has 7 nitrogen and oxygen atoms in total. The summed E-state index contributed by atoms with van der Waals surface area (Å²) in [5.74, 6) is 0.893. The van der Waals surface area contributed by atoms with Gasteiger partial charge in [0.05, 0.1) is 6.04 Å². The standard InChI is InChI=1S/C20H20ClN5O2/c1-11(16-10-13-9-14(21)3-6-17(13)24-19(16)28)23-20-22-8-7-18(25-20)26(12(2)27)15-4-5-15/h3,6-11,15H,4-5H2,1-2H3,(H,24,28)(H,22,23,25). The maximum absolute atomic E-state index is 12.5. The van der Waals surface area contributed by atoms with Crippen LogP contribution in [0.25, 0.3) is 10.9 Å². The first kappa shape index (κ1) is 18.4. The second kappa shape index (κ2) is 7.24. The van der Waals surface area contributed by atoms with Gasteiger partial charge < -0.3 is 10.3 Å². The molecule has 28 heavy (non-hydrogen) atoms. The molecule has 1 saturated carbocycles. The van der Waals surface area contributed by atoms with E-state index in [1.807, 2.05) is 13.0 Å². The van der Waals surface area contributed by atoms with Gasteiger partial charge in [-0.05, 0) is 50.1 Å². The maximum atomic E-state index is 12.5. The second-order valence-electron chi connectivity index (χ2n) is 7.01. The Kier molecular flexibility index (Phi) is 4.77. The lowest BCUT2D eigenvalue weighted by atomic mass is 10.1. The number of amides is 1. The summed E-state index contributed by atoms with van der Waals surface area (Å²) >= 11 is 6.06. The van der Waals surface area contributed by atoms with Crippen molar-refractivity contribution in [2.75, 3.05) is 10.2 Å². The van der Waals surface area contributed by atoms with Crippen LogP contribution in [0, 0.1) is 0 Å². The Labute approximate surface area is 166 Å². The van der Waals surface area contributed by atoms with Gasteiger partial charge in [-0.2, -0.15) is 4.98 Å². The van der Waals surface area contributed by atoms with Crippen molar-refractivity contribution in [3.63, 3.8) is 0 Å². The Hall–Kier alpha value is -2.93. The third kappa shape index (κ3) is 3.71. The van der Waals surface area contributed by atoms with Crippen molar-refractivity contribution in [1.82, 2.24) is 15.0 Å². The number of H-pyrrole nitrogens is 1. The smallest absolute Gasteiger partial charge is 0.253 e. The normalized spacial score (nSPS) is 14.7. The molecule has 2 N–H and O–H groups in total. The molecule has 1 fully saturated rings. The first-order chi connectivity index (χ1) is 13.4. The van der Waals surface area contributed by atoms with Crippen LogP contribution in [0.3, 0.4) is 0 Å². The molecule has 0 saturated heterocycles. The molecule has 2 aromatic heterocycles. The molecule has 0 radical (unpaired) electrons. The average molecular weight is 398 g/mol. The van der Waals surface area contributed by atoms with E-state index in [1.165, 1.54) is 6.92 Å². The van der Waals surface area contributed by atoms with Crippen molar-refractivity contribution in [2.24, 2.45) is 0 Å². The molecule has 1 aromatic carbocycles. The van der Waals surface area contributed by atoms with E-state index in [4.69, 9.17) is 11.6 Å². The summed E-state index contributed by atoms with van der Waals surface area (Å²) in [5.41, 5.74) is 1.09. The van der Waals surface area contributed by atoms with Gasteiger partial charge in [0.2, 0.25) is 11.9 Å². The van der Waals surface area contributed by atoms with Gasteiger partial charge in [0, 0.05) is 40.7 Å². The summed E-state index contributed by atoms with van der Waals surface area (Å²) in [6.45, 7) is 3.40. The van der Waals surface area contributed by atoms with Crippen LogP contribution in [0.15, 0.2) is 41.3 Å². The highest BCUT2D eigenvalue weighted by Crippen LogP contribution is 2.31. The van der Waals surface area contributed by atoms with Gasteiger partial charge in [-0.1, -0.05) is 11.6 Å². The van der Waals surface area contributed by atoms with E-state index in [9.17, 15) is 9.59 Å². The number of fused-ring (bicyclic) bond motifs is 1. The Bertz CT molecular complexity index is 1110. The van der Waals surface area contributed by atoms with Gasteiger partial charge in [0.1, 0.15) is 5.82 Å². The van der Waals surface area contributed by atoms with Gasteiger partial charge in [-0.25, -0.2) is 4.98 Å². The van der Waals surface area contributed by atoms with Gasteiger partial charge in [0.25, 0.3) is 5.56 Å². The van der Waals surface area contributed by atoms with Crippen molar-refractivity contribution < 1.29 is 4.79 Å². The molecule has 1 unspecified atom stereocenters. The SMILES string of the molecule is CC(=O)N(c1ccnc(NC(C)c2cc3cc(Cl)ccc3[nH]c2=O)n1)C1CC1. The monoisotopic (exact) mass is 397 g/mol. The van der Waals surface area contributed by atoms with Gasteiger partial charge in [-0.3, -0.25) is 14.5 Å². The van der Waals surface area contributed by atoms with Crippen LogP contribution in [0.5, 0.6) is 0 Å². The van der Waals surface area contributed by atoms with Crippen molar-refractivity contribution in [1.29, 1.82) is 0 Å². The molecule has 1 atom stereocenters. The number of pyridine rings is 1. The van der Waals surface area contributed by atoms with Crippen LogP contribution in [0.2, 0.25) is 5.02 Å². The van der Waals surface area contributed by atoms with E-state index in [-0.39, 0.29) is 23.6 Å². The zero-order chi connectivity index (χ0) is 19.8. The first-order valence-electron chi connectivity index (χ1n) is 9.14. The first-order valence-corrected chi connectivity index (χ1v) is 9.52. The van der Waals surface area contributed by atoms with Crippen molar-refractivity contribution in [3.05, 3.63) is 57.5 Å². The number of hydrogen-bond acceptors (Lipinski definition) is 5. The molecule has 2 heterocycles. The van der Waals surface area contributed by atoms with Crippen LogP contribution in [-0.4, -0.2) is 26.9 Å². The molecule has 4 rings (SSSR count). The number of carbonyl (C=O) groups excluding carboxylic acids is 1. The molecule has 1 amide bonds. The average Bonchev–Trinajstić information content (AvgIpc) is 3.46. The van der Waals surface area contributed by atoms with Crippen molar-refractivity contribution >= 4 is 40.2 Å². The van der Waals surface area contributed by atoms with Crippen LogP contribution in [-0.2, 0) is 4.79 Å². The fourth-order valence-electron chi connectivity index (χ4n) is 3.28. The molecular weight excluding hydrogens is 378 g/mol. The third-order valence-corrected chi connectivity index (χ3v) is 5.02. The summed E-state index contributed by atoms with van der Waals surface area (Å²) < 4.78 is 0. The van der Waals surface area contributed by atoms with E-state index < -0.39 is 0 Å². The quantitative estimate of drug-likeness (QED) is 0.685. The zero-order valence-corrected chi connectivity index (χ0v) is 16.3. The third-order valence-electron chi connectivity index (χ3n) is 4.79. The number of hydrogen-bond donors (Lipinski definition) is 2. The highest BCUT2D eigenvalue weighted by molar-refractivity contribution is 6.31. The minimum Gasteiger partial charge on any atom is -0.347 e. The lowest BCUT2D eigenvalue weighted by Crippen LogP contribution is -2.31. The second-order valence-corrected chi connectivity index (χ2v) is 7.45. The lowest BCUT2D eigenvalue weighted by molar-refractivity contribution is -0.116. The molecular formula is C20H20ClN5O2. The molecule has 0 aliphatic heterocycles. The molecule has 1 aliphatic rings. The van der Waals surface area contributed by atoms with Crippen LogP contribution < -0.4 is 15.8 Å². The number of aromatic nitrogens is 3. The summed E-state index contributed by atoms with van der Waals surface area (Å²) in [6, 6.07) is 8.73. The van der Waals surface area contributed by atoms with Crippen LogP contribution in [0.4, 0.5) is 11.8 Å². The number of rotatable bonds is 5. The minimum absolute atomic E-state index is 0.0388.